The van der Waals surface area contributed by atoms with Crippen LogP contribution in [0.25, 0.3) is 0 Å². The van der Waals surface area contributed by atoms with Crippen LogP contribution in [0.3, 0.4) is 0 Å². The number of alkyl halides is 3. The molecule has 29 heavy (non-hydrogen) atoms. The molecule has 1 saturated carbocycles. The Morgan fingerprint density at radius 1 is 1.21 bits per heavy atom. The lowest BCUT2D eigenvalue weighted by Gasteiger charge is -2.29. The topological polar surface area (TPSA) is 106 Å². The van der Waals surface area contributed by atoms with Crippen molar-refractivity contribution < 1.29 is 18.0 Å². The number of amides is 1. The van der Waals surface area contributed by atoms with Crippen molar-refractivity contribution in [1.82, 2.24) is 20.3 Å². The zero-order valence-electron chi connectivity index (χ0n) is 16.0. The number of aryl methyl sites for hydroxylation is 1. The van der Waals surface area contributed by atoms with Gasteiger partial charge in [0.1, 0.15) is 5.82 Å². The van der Waals surface area contributed by atoms with Crippen LogP contribution in [0.4, 0.5) is 25.1 Å². The second kappa shape index (κ2) is 8.62. The standard InChI is InChI=1S/C19H23F3N6O/c1-11-25-17(23)28-18(26-11)27-14-7-4-6-12(9-14)16(29)24-10-13-5-2-3-8-15(13)19(20,21)22/h2-3,5,8,12,14H,4,6-7,9-10H2,1H3,(H,24,29)(H3,23,25,26,27,28)/t12-,14+/m0/s1. The molecule has 3 rings (SSSR count). The Labute approximate surface area is 166 Å². The van der Waals surface area contributed by atoms with Crippen LogP contribution in [0, 0.1) is 12.8 Å². The SMILES string of the molecule is Cc1nc(N)nc(N[C@@H]2CCC[C@H](C(=O)NCc3ccccc3C(F)(F)F)C2)n1. The molecule has 156 valence electrons. The highest BCUT2D eigenvalue weighted by atomic mass is 19.4. The van der Waals surface area contributed by atoms with Gasteiger partial charge in [0.05, 0.1) is 5.56 Å². The molecular weight excluding hydrogens is 385 g/mol. The Kier molecular flexibility index (Phi) is 6.19. The van der Waals surface area contributed by atoms with Gasteiger partial charge in [0, 0.05) is 18.5 Å². The molecule has 0 bridgehead atoms. The van der Waals surface area contributed by atoms with Crippen molar-refractivity contribution in [3.63, 3.8) is 0 Å². The summed E-state index contributed by atoms with van der Waals surface area (Å²) in [5.74, 6) is 0.432. The van der Waals surface area contributed by atoms with Gasteiger partial charge >= 0.3 is 6.18 Å². The maximum Gasteiger partial charge on any atom is 0.416 e. The third-order valence-electron chi connectivity index (χ3n) is 4.92. The van der Waals surface area contributed by atoms with Crippen molar-refractivity contribution in [2.45, 2.75) is 51.4 Å². The smallest absolute Gasteiger partial charge is 0.368 e. The van der Waals surface area contributed by atoms with Gasteiger partial charge in [-0.25, -0.2) is 0 Å². The normalized spacial score (nSPS) is 19.6. The lowest BCUT2D eigenvalue weighted by atomic mass is 9.85. The third kappa shape index (κ3) is 5.55. The molecule has 0 aliphatic heterocycles. The molecule has 1 fully saturated rings. The molecular formula is C19H23F3N6O. The van der Waals surface area contributed by atoms with Gasteiger partial charge in [-0.2, -0.15) is 28.1 Å². The summed E-state index contributed by atoms with van der Waals surface area (Å²) in [6.07, 6.45) is -1.58. The van der Waals surface area contributed by atoms with Crippen LogP contribution >= 0.6 is 0 Å². The summed E-state index contributed by atoms with van der Waals surface area (Å²) >= 11 is 0. The largest absolute Gasteiger partial charge is 0.416 e. The number of carbonyl (C=O) groups excluding carboxylic acids is 1. The molecule has 1 amide bonds. The lowest BCUT2D eigenvalue weighted by molar-refractivity contribution is -0.138. The van der Waals surface area contributed by atoms with Gasteiger partial charge in [-0.05, 0) is 37.8 Å². The monoisotopic (exact) mass is 408 g/mol. The van der Waals surface area contributed by atoms with Crippen LogP contribution in [0.5, 0.6) is 0 Å². The summed E-state index contributed by atoms with van der Waals surface area (Å²) in [4.78, 5) is 24.7. The van der Waals surface area contributed by atoms with Gasteiger partial charge < -0.3 is 16.4 Å². The number of aromatic nitrogens is 3. The zero-order chi connectivity index (χ0) is 21.0. The molecule has 1 aromatic heterocycles. The molecule has 4 N–H and O–H groups in total. The summed E-state index contributed by atoms with van der Waals surface area (Å²) in [6.45, 7) is 1.55. The second-order valence-corrected chi connectivity index (χ2v) is 7.14. The zero-order valence-corrected chi connectivity index (χ0v) is 16.0. The Morgan fingerprint density at radius 2 is 1.97 bits per heavy atom. The Bertz CT molecular complexity index is 853. The average molecular weight is 408 g/mol. The first kappa shape index (κ1) is 20.8. The summed E-state index contributed by atoms with van der Waals surface area (Å²) in [5, 5.41) is 5.84. The van der Waals surface area contributed by atoms with E-state index in [1.54, 1.807) is 6.92 Å². The summed E-state index contributed by atoms with van der Waals surface area (Å²) in [6, 6.07) is 5.23. The van der Waals surface area contributed by atoms with Crippen LogP contribution in [0.2, 0.25) is 0 Å². The minimum Gasteiger partial charge on any atom is -0.368 e. The fraction of sp³-hybridized carbons (Fsp3) is 0.474. The molecule has 1 aliphatic rings. The molecule has 0 saturated heterocycles. The minimum atomic E-state index is -4.45. The van der Waals surface area contributed by atoms with Crippen molar-refractivity contribution in [2.75, 3.05) is 11.1 Å². The molecule has 1 aliphatic carbocycles. The van der Waals surface area contributed by atoms with E-state index in [4.69, 9.17) is 5.73 Å². The highest BCUT2D eigenvalue weighted by Gasteiger charge is 2.33. The molecule has 0 spiro atoms. The Hall–Kier alpha value is -2.91. The predicted molar refractivity (Wildman–Crippen MR) is 102 cm³/mol. The Balaban J connectivity index is 1.59. The van der Waals surface area contributed by atoms with E-state index in [1.165, 1.54) is 18.2 Å². The highest BCUT2D eigenvalue weighted by Crippen LogP contribution is 2.32. The maximum atomic E-state index is 13.1. The van der Waals surface area contributed by atoms with Gasteiger partial charge in [0.2, 0.25) is 17.8 Å². The number of benzene rings is 1. The average Bonchev–Trinajstić information content (AvgIpc) is 2.65. The third-order valence-corrected chi connectivity index (χ3v) is 4.92. The minimum absolute atomic E-state index is 0.0249. The van der Waals surface area contributed by atoms with Crippen LogP contribution in [-0.2, 0) is 17.5 Å². The van der Waals surface area contributed by atoms with E-state index in [0.29, 0.717) is 24.6 Å². The van der Waals surface area contributed by atoms with Gasteiger partial charge in [-0.15, -0.1) is 0 Å². The molecule has 1 aromatic carbocycles. The lowest BCUT2D eigenvalue weighted by Crippen LogP contribution is -2.37. The molecule has 7 nitrogen and oxygen atoms in total. The van der Waals surface area contributed by atoms with Crippen molar-refractivity contribution in [3.05, 3.63) is 41.2 Å². The number of hydrogen-bond acceptors (Lipinski definition) is 6. The second-order valence-electron chi connectivity index (χ2n) is 7.14. The van der Waals surface area contributed by atoms with E-state index >= 15 is 0 Å². The molecule has 0 unspecified atom stereocenters. The van der Waals surface area contributed by atoms with Crippen LogP contribution < -0.4 is 16.4 Å². The number of rotatable bonds is 5. The first-order valence-electron chi connectivity index (χ1n) is 9.40. The molecule has 2 atom stereocenters. The van der Waals surface area contributed by atoms with Crippen molar-refractivity contribution in [1.29, 1.82) is 0 Å². The highest BCUT2D eigenvalue weighted by molar-refractivity contribution is 5.78. The number of nitrogens with zero attached hydrogens (tertiary/aromatic N) is 3. The fourth-order valence-electron chi connectivity index (χ4n) is 3.59. The summed E-state index contributed by atoms with van der Waals surface area (Å²) < 4.78 is 39.3. The van der Waals surface area contributed by atoms with E-state index in [-0.39, 0.29) is 35.9 Å². The summed E-state index contributed by atoms with van der Waals surface area (Å²) in [7, 11) is 0. The van der Waals surface area contributed by atoms with Crippen molar-refractivity contribution >= 4 is 17.8 Å². The first-order chi connectivity index (χ1) is 13.7. The van der Waals surface area contributed by atoms with Gasteiger partial charge in [-0.1, -0.05) is 24.6 Å². The number of halogens is 3. The number of hydrogen-bond donors (Lipinski definition) is 3. The van der Waals surface area contributed by atoms with E-state index in [2.05, 4.69) is 25.6 Å². The number of anilines is 2. The molecule has 2 aromatic rings. The predicted octanol–water partition coefficient (Wildman–Crippen LogP) is 3.07. The molecule has 10 heteroatoms. The van der Waals surface area contributed by atoms with Gasteiger partial charge in [-0.3, -0.25) is 4.79 Å². The van der Waals surface area contributed by atoms with E-state index in [9.17, 15) is 18.0 Å². The first-order valence-corrected chi connectivity index (χ1v) is 9.40. The number of nitrogen functional groups attached to an aromatic ring is 1. The Morgan fingerprint density at radius 3 is 2.69 bits per heavy atom. The van der Waals surface area contributed by atoms with Crippen LogP contribution in [0.15, 0.2) is 24.3 Å². The molecule has 0 radical (unpaired) electrons. The number of nitrogens with one attached hydrogen (secondary N) is 2. The molecule has 1 heterocycles. The number of nitrogens with two attached hydrogens (primary N) is 1. The van der Waals surface area contributed by atoms with Gasteiger partial charge in [0.15, 0.2) is 0 Å². The van der Waals surface area contributed by atoms with Gasteiger partial charge in [0.25, 0.3) is 0 Å². The van der Waals surface area contributed by atoms with Crippen molar-refractivity contribution in [3.8, 4) is 0 Å². The summed E-state index contributed by atoms with van der Waals surface area (Å²) in [5.41, 5.74) is 4.95. The van der Waals surface area contributed by atoms with E-state index in [1.807, 2.05) is 0 Å². The fourth-order valence-corrected chi connectivity index (χ4v) is 3.59. The quantitative estimate of drug-likeness (QED) is 0.702. The number of carbonyl (C=O) groups is 1. The van der Waals surface area contributed by atoms with E-state index in [0.717, 1.165) is 18.9 Å². The maximum absolute atomic E-state index is 13.1. The van der Waals surface area contributed by atoms with Crippen molar-refractivity contribution in [2.24, 2.45) is 5.92 Å². The van der Waals surface area contributed by atoms with Crippen LogP contribution in [0.1, 0.15) is 42.6 Å². The van der Waals surface area contributed by atoms with E-state index < -0.39 is 11.7 Å². The van der Waals surface area contributed by atoms with Crippen LogP contribution in [-0.4, -0.2) is 26.9 Å².